The second-order valence-electron chi connectivity index (χ2n) is 7.77. The summed E-state index contributed by atoms with van der Waals surface area (Å²) in [7, 11) is 0. The Bertz CT molecular complexity index is 763. The number of ether oxygens (including phenoxy) is 1. The highest BCUT2D eigenvalue weighted by Crippen LogP contribution is 2.21. The minimum atomic E-state index is -0.385. The summed E-state index contributed by atoms with van der Waals surface area (Å²) < 4.78 is 5.64. The Kier molecular flexibility index (Phi) is 9.12. The van der Waals surface area contributed by atoms with Crippen LogP contribution >= 0.6 is 0 Å². The number of carbonyl (C=O) groups is 1. The molecule has 3 rings (SSSR count). The Morgan fingerprint density at radius 3 is 2.77 bits per heavy atom. The van der Waals surface area contributed by atoms with E-state index < -0.39 is 0 Å². The number of rotatable bonds is 11. The molecule has 1 aromatic carbocycles. The van der Waals surface area contributed by atoms with E-state index in [-0.39, 0.29) is 11.9 Å². The van der Waals surface area contributed by atoms with Crippen LogP contribution in [-0.2, 0) is 11.2 Å². The predicted molar refractivity (Wildman–Crippen MR) is 120 cm³/mol. The lowest BCUT2D eigenvalue weighted by molar-refractivity contribution is -0.123. The van der Waals surface area contributed by atoms with Crippen LogP contribution < -0.4 is 20.7 Å². The molecule has 1 atom stereocenters. The first kappa shape index (κ1) is 22.2. The fourth-order valence-corrected chi connectivity index (χ4v) is 3.90. The molecule has 0 bridgehead atoms. The number of aromatic nitrogens is 1. The molecule has 3 N–H and O–H groups in total. The van der Waals surface area contributed by atoms with Crippen molar-refractivity contribution < 1.29 is 9.53 Å². The number of nitrogens with one attached hydrogen (secondary N) is 3. The molecule has 1 fully saturated rings. The summed E-state index contributed by atoms with van der Waals surface area (Å²) in [6, 6.07) is 11.4. The summed E-state index contributed by atoms with van der Waals surface area (Å²) >= 11 is 0. The van der Waals surface area contributed by atoms with E-state index in [2.05, 4.69) is 20.9 Å². The molecule has 2 aromatic rings. The Hall–Kier alpha value is -2.44. The van der Waals surface area contributed by atoms with Gasteiger partial charge in [0.1, 0.15) is 11.8 Å². The van der Waals surface area contributed by atoms with Crippen molar-refractivity contribution in [1.82, 2.24) is 20.9 Å². The highest BCUT2D eigenvalue weighted by Gasteiger charge is 2.21. The van der Waals surface area contributed by atoms with Crippen molar-refractivity contribution in [3.8, 4) is 5.75 Å². The van der Waals surface area contributed by atoms with Crippen LogP contribution in [0.2, 0.25) is 0 Å². The normalized spacial score (nSPS) is 15.5. The number of benzene rings is 1. The fourth-order valence-electron chi connectivity index (χ4n) is 3.90. The molecule has 2 heterocycles. The van der Waals surface area contributed by atoms with Crippen LogP contribution in [0.25, 0.3) is 0 Å². The molecule has 0 saturated carbocycles. The molecule has 1 aromatic heterocycles. The van der Waals surface area contributed by atoms with Crippen LogP contribution in [0.4, 0.5) is 0 Å². The molecule has 0 spiro atoms. The van der Waals surface area contributed by atoms with E-state index in [9.17, 15) is 4.79 Å². The smallest absolute Gasteiger partial charge is 0.241 e. The molecular weight excluding hydrogens is 376 g/mol. The zero-order chi connectivity index (χ0) is 21.0. The summed E-state index contributed by atoms with van der Waals surface area (Å²) in [6.45, 7) is 6.19. The van der Waals surface area contributed by atoms with Crippen LogP contribution in [0, 0.1) is 5.92 Å². The molecule has 1 aliphatic rings. The average Bonchev–Trinajstić information content (AvgIpc) is 2.78. The summed E-state index contributed by atoms with van der Waals surface area (Å²) in [5.74, 6) is 1.52. The molecule has 1 amide bonds. The zero-order valence-electron chi connectivity index (χ0n) is 17.9. The third kappa shape index (κ3) is 7.11. The van der Waals surface area contributed by atoms with E-state index in [1.807, 2.05) is 43.3 Å². The topological polar surface area (TPSA) is 75.3 Å². The number of nitrogens with zero attached hydrogens (tertiary/aromatic N) is 1. The van der Waals surface area contributed by atoms with Gasteiger partial charge in [-0.25, -0.2) is 0 Å². The SMILES string of the molecule is CCOc1cccc(C(NCCC2CCNCC2)C(=O)NCCc2ccncc2)c1. The lowest BCUT2D eigenvalue weighted by atomic mass is 9.94. The first-order valence-electron chi connectivity index (χ1n) is 11.1. The van der Waals surface area contributed by atoms with Gasteiger partial charge in [-0.05, 0) is 93.6 Å². The third-order valence-electron chi connectivity index (χ3n) is 5.59. The van der Waals surface area contributed by atoms with Crippen molar-refractivity contribution >= 4 is 5.91 Å². The maximum absolute atomic E-state index is 13.0. The van der Waals surface area contributed by atoms with Crippen LogP contribution in [-0.4, -0.2) is 43.7 Å². The molecule has 6 nitrogen and oxygen atoms in total. The minimum absolute atomic E-state index is 0.00279. The average molecular weight is 411 g/mol. The molecule has 1 saturated heterocycles. The van der Waals surface area contributed by atoms with Crippen LogP contribution in [0.1, 0.15) is 43.4 Å². The van der Waals surface area contributed by atoms with Gasteiger partial charge in [-0.3, -0.25) is 9.78 Å². The molecule has 6 heteroatoms. The molecule has 0 radical (unpaired) electrons. The van der Waals surface area contributed by atoms with Gasteiger partial charge >= 0.3 is 0 Å². The van der Waals surface area contributed by atoms with Crippen LogP contribution in [0.3, 0.4) is 0 Å². The van der Waals surface area contributed by atoms with Gasteiger partial charge in [-0.1, -0.05) is 12.1 Å². The van der Waals surface area contributed by atoms with Crippen molar-refractivity contribution in [2.24, 2.45) is 5.92 Å². The first-order chi connectivity index (χ1) is 14.8. The van der Waals surface area contributed by atoms with Gasteiger partial charge in [-0.15, -0.1) is 0 Å². The quantitative estimate of drug-likeness (QED) is 0.531. The predicted octanol–water partition coefficient (Wildman–Crippen LogP) is 2.86. The van der Waals surface area contributed by atoms with Gasteiger partial charge in [0, 0.05) is 18.9 Å². The van der Waals surface area contributed by atoms with Gasteiger partial charge in [0.2, 0.25) is 5.91 Å². The number of carbonyl (C=O) groups excluding carboxylic acids is 1. The zero-order valence-corrected chi connectivity index (χ0v) is 17.9. The Morgan fingerprint density at radius 2 is 2.00 bits per heavy atom. The molecule has 162 valence electrons. The molecular formula is C24H34N4O2. The second-order valence-corrected chi connectivity index (χ2v) is 7.77. The van der Waals surface area contributed by atoms with E-state index in [0.717, 1.165) is 49.7 Å². The van der Waals surface area contributed by atoms with Crippen molar-refractivity contribution in [2.45, 2.75) is 38.6 Å². The Balaban J connectivity index is 1.59. The number of hydrogen-bond donors (Lipinski definition) is 3. The minimum Gasteiger partial charge on any atom is -0.494 e. The summed E-state index contributed by atoms with van der Waals surface area (Å²) in [5, 5.41) is 10.0. The standard InChI is InChI=1S/C24H34N4O2/c1-2-30-22-5-3-4-21(18-22)23(27-16-10-19-6-12-25-13-7-19)24(29)28-17-11-20-8-14-26-15-9-20/h3-5,8-9,14-15,18-19,23,25,27H,2,6-7,10-13,16-17H2,1H3,(H,28,29). The number of piperidine rings is 1. The summed E-state index contributed by atoms with van der Waals surface area (Å²) in [6.07, 6.45) is 7.86. The van der Waals surface area contributed by atoms with E-state index in [1.54, 1.807) is 12.4 Å². The molecule has 1 aliphatic heterocycles. The van der Waals surface area contributed by atoms with E-state index >= 15 is 0 Å². The molecule has 30 heavy (non-hydrogen) atoms. The lowest BCUT2D eigenvalue weighted by Crippen LogP contribution is -2.39. The Labute approximate surface area is 179 Å². The largest absolute Gasteiger partial charge is 0.494 e. The summed E-state index contributed by atoms with van der Waals surface area (Å²) in [4.78, 5) is 17.1. The first-order valence-corrected chi connectivity index (χ1v) is 11.1. The molecule has 0 aliphatic carbocycles. The maximum atomic E-state index is 13.0. The van der Waals surface area contributed by atoms with Gasteiger partial charge in [0.25, 0.3) is 0 Å². The summed E-state index contributed by atoms with van der Waals surface area (Å²) in [5.41, 5.74) is 2.10. The highest BCUT2D eigenvalue weighted by molar-refractivity contribution is 5.83. The van der Waals surface area contributed by atoms with Crippen molar-refractivity contribution in [1.29, 1.82) is 0 Å². The van der Waals surface area contributed by atoms with Gasteiger partial charge in [-0.2, -0.15) is 0 Å². The Morgan fingerprint density at radius 1 is 1.20 bits per heavy atom. The second kappa shape index (κ2) is 12.3. The van der Waals surface area contributed by atoms with Crippen molar-refractivity contribution in [3.63, 3.8) is 0 Å². The van der Waals surface area contributed by atoms with E-state index in [1.165, 1.54) is 18.4 Å². The van der Waals surface area contributed by atoms with Crippen molar-refractivity contribution in [3.05, 3.63) is 59.9 Å². The third-order valence-corrected chi connectivity index (χ3v) is 5.59. The van der Waals surface area contributed by atoms with Crippen LogP contribution in [0.5, 0.6) is 5.75 Å². The van der Waals surface area contributed by atoms with Gasteiger partial charge < -0.3 is 20.7 Å². The maximum Gasteiger partial charge on any atom is 0.241 e. The lowest BCUT2D eigenvalue weighted by Gasteiger charge is -2.24. The monoisotopic (exact) mass is 410 g/mol. The van der Waals surface area contributed by atoms with Gasteiger partial charge in [0.15, 0.2) is 0 Å². The van der Waals surface area contributed by atoms with Crippen molar-refractivity contribution in [2.75, 3.05) is 32.8 Å². The van der Waals surface area contributed by atoms with E-state index in [0.29, 0.717) is 13.2 Å². The van der Waals surface area contributed by atoms with Crippen LogP contribution in [0.15, 0.2) is 48.8 Å². The number of pyridine rings is 1. The van der Waals surface area contributed by atoms with E-state index in [4.69, 9.17) is 4.74 Å². The highest BCUT2D eigenvalue weighted by atomic mass is 16.5. The van der Waals surface area contributed by atoms with Gasteiger partial charge in [0.05, 0.1) is 6.61 Å². The molecule has 1 unspecified atom stereocenters. The number of hydrogen-bond acceptors (Lipinski definition) is 5. The fraction of sp³-hybridized carbons (Fsp3) is 0.500. The number of amides is 1.